The molecule has 0 N–H and O–H groups in total. The first-order valence-corrected chi connectivity index (χ1v) is 8.43. The van der Waals surface area contributed by atoms with Crippen LogP contribution in [0.25, 0.3) is 6.08 Å². The van der Waals surface area contributed by atoms with Gasteiger partial charge in [0.25, 0.3) is 0 Å². The maximum absolute atomic E-state index is 12.2. The van der Waals surface area contributed by atoms with Crippen LogP contribution >= 0.6 is 15.9 Å². The van der Waals surface area contributed by atoms with Crippen LogP contribution in [0.15, 0.2) is 51.6 Å². The zero-order valence-corrected chi connectivity index (χ0v) is 16.0. The molecule has 1 aliphatic heterocycles. The van der Waals surface area contributed by atoms with Gasteiger partial charge in [0.05, 0.1) is 21.3 Å². The third-order valence-corrected chi connectivity index (χ3v) is 4.27. The van der Waals surface area contributed by atoms with Crippen molar-refractivity contribution in [1.82, 2.24) is 0 Å². The van der Waals surface area contributed by atoms with Gasteiger partial charge >= 0.3 is 5.97 Å². The quantitative estimate of drug-likeness (QED) is 0.546. The number of hydrogen-bond donors (Lipinski definition) is 0. The number of carbonyl (C=O) groups excluding carboxylic acids is 1. The average Bonchev–Trinajstić information content (AvgIpc) is 3.02. The van der Waals surface area contributed by atoms with Crippen LogP contribution in [0, 0.1) is 0 Å². The molecule has 3 rings (SSSR count). The molecule has 0 radical (unpaired) electrons. The fourth-order valence-corrected chi connectivity index (χ4v) is 2.70. The Morgan fingerprint density at radius 1 is 0.962 bits per heavy atom. The molecule has 26 heavy (non-hydrogen) atoms. The van der Waals surface area contributed by atoms with Gasteiger partial charge in [0.1, 0.15) is 5.75 Å². The van der Waals surface area contributed by atoms with E-state index >= 15 is 0 Å². The van der Waals surface area contributed by atoms with Crippen LogP contribution < -0.4 is 14.2 Å². The van der Waals surface area contributed by atoms with Crippen molar-refractivity contribution < 1.29 is 23.7 Å². The number of benzene rings is 2. The molecular weight excluding hydrogens is 402 g/mol. The Morgan fingerprint density at radius 3 is 2.19 bits per heavy atom. The van der Waals surface area contributed by atoms with Crippen LogP contribution in [0.1, 0.15) is 11.1 Å². The zero-order valence-electron chi connectivity index (χ0n) is 14.4. The Balaban J connectivity index is 2.01. The smallest absolute Gasteiger partial charge is 0.363 e. The largest absolute Gasteiger partial charge is 0.496 e. The molecule has 0 saturated heterocycles. The highest BCUT2D eigenvalue weighted by Gasteiger charge is 2.25. The molecule has 0 fully saturated rings. The second-order valence-electron chi connectivity index (χ2n) is 5.29. The number of carbonyl (C=O) groups is 1. The van der Waals surface area contributed by atoms with E-state index in [1.807, 2.05) is 24.3 Å². The van der Waals surface area contributed by atoms with Crippen molar-refractivity contribution in [2.75, 3.05) is 21.3 Å². The molecule has 2 aromatic rings. The van der Waals surface area contributed by atoms with Crippen LogP contribution in [0.4, 0.5) is 0 Å². The lowest BCUT2D eigenvalue weighted by atomic mass is 10.1. The fourth-order valence-electron chi connectivity index (χ4n) is 2.44. The molecule has 0 aromatic heterocycles. The summed E-state index contributed by atoms with van der Waals surface area (Å²) in [5.74, 6) is 1.30. The van der Waals surface area contributed by atoms with Gasteiger partial charge in [-0.25, -0.2) is 9.79 Å². The van der Waals surface area contributed by atoms with Gasteiger partial charge in [-0.1, -0.05) is 15.9 Å². The third kappa shape index (κ3) is 3.57. The van der Waals surface area contributed by atoms with Gasteiger partial charge in [0.2, 0.25) is 5.90 Å². The van der Waals surface area contributed by atoms with Gasteiger partial charge in [-0.3, -0.25) is 0 Å². The van der Waals surface area contributed by atoms with Gasteiger partial charge in [0, 0.05) is 21.7 Å². The van der Waals surface area contributed by atoms with Crippen molar-refractivity contribution in [3.05, 3.63) is 57.7 Å². The Kier molecular flexibility index (Phi) is 5.27. The Bertz CT molecular complexity index is 903. The van der Waals surface area contributed by atoms with E-state index in [2.05, 4.69) is 20.9 Å². The Hall–Kier alpha value is -2.80. The van der Waals surface area contributed by atoms with Crippen LogP contribution in [0.5, 0.6) is 17.2 Å². The first-order chi connectivity index (χ1) is 12.5. The monoisotopic (exact) mass is 417 g/mol. The lowest BCUT2D eigenvalue weighted by Crippen LogP contribution is -2.05. The number of rotatable bonds is 5. The second kappa shape index (κ2) is 7.61. The maximum atomic E-state index is 12.2. The molecule has 0 spiro atoms. The molecule has 0 bridgehead atoms. The van der Waals surface area contributed by atoms with Crippen LogP contribution in [-0.2, 0) is 9.53 Å². The van der Waals surface area contributed by atoms with Crippen molar-refractivity contribution >= 4 is 33.9 Å². The topological polar surface area (TPSA) is 66.3 Å². The van der Waals surface area contributed by atoms with E-state index in [0.29, 0.717) is 28.4 Å². The number of ether oxygens (including phenoxy) is 4. The van der Waals surface area contributed by atoms with E-state index in [9.17, 15) is 4.79 Å². The summed E-state index contributed by atoms with van der Waals surface area (Å²) in [6, 6.07) is 10.7. The molecule has 134 valence electrons. The second-order valence-corrected chi connectivity index (χ2v) is 6.21. The van der Waals surface area contributed by atoms with Crippen molar-refractivity contribution in [3.63, 3.8) is 0 Å². The first kappa shape index (κ1) is 18.0. The lowest BCUT2D eigenvalue weighted by molar-refractivity contribution is -0.129. The van der Waals surface area contributed by atoms with Crippen LogP contribution in [0.3, 0.4) is 0 Å². The summed E-state index contributed by atoms with van der Waals surface area (Å²) in [5.41, 5.74) is 1.51. The minimum absolute atomic E-state index is 0.174. The Morgan fingerprint density at radius 2 is 1.58 bits per heavy atom. The fraction of sp³-hybridized carbons (Fsp3) is 0.158. The Labute approximate surface area is 159 Å². The number of cyclic esters (lactones) is 1. The predicted octanol–water partition coefficient (Wildman–Crippen LogP) is 3.82. The third-order valence-electron chi connectivity index (χ3n) is 3.74. The molecule has 1 aliphatic rings. The number of hydrogen-bond acceptors (Lipinski definition) is 6. The molecule has 0 saturated carbocycles. The highest BCUT2D eigenvalue weighted by atomic mass is 79.9. The van der Waals surface area contributed by atoms with Gasteiger partial charge in [-0.15, -0.1) is 0 Å². The standard InChI is InChI=1S/C19H16BrNO5/c1-23-15-10-17(25-3)16(24-2)9-12(15)8-14-19(22)26-18(21-14)11-4-6-13(20)7-5-11/h4-10H,1-3H3/b14-8-. The number of nitrogens with zero attached hydrogens (tertiary/aromatic N) is 1. The summed E-state index contributed by atoms with van der Waals surface area (Å²) < 4.78 is 22.1. The number of esters is 1. The van der Waals surface area contributed by atoms with Gasteiger partial charge in [-0.2, -0.15) is 0 Å². The van der Waals surface area contributed by atoms with Gasteiger partial charge in [-0.05, 0) is 36.4 Å². The van der Waals surface area contributed by atoms with Crippen LogP contribution in [0.2, 0.25) is 0 Å². The molecule has 0 unspecified atom stereocenters. The van der Waals surface area contributed by atoms with Crippen molar-refractivity contribution in [1.29, 1.82) is 0 Å². The van der Waals surface area contributed by atoms with E-state index in [1.54, 1.807) is 25.3 Å². The summed E-state index contributed by atoms with van der Waals surface area (Å²) in [5, 5.41) is 0. The first-order valence-electron chi connectivity index (χ1n) is 7.64. The lowest BCUT2D eigenvalue weighted by Gasteiger charge is -2.12. The molecule has 0 amide bonds. The molecule has 0 aliphatic carbocycles. The summed E-state index contributed by atoms with van der Waals surface area (Å²) >= 11 is 3.37. The van der Waals surface area contributed by atoms with E-state index in [-0.39, 0.29) is 11.6 Å². The number of methoxy groups -OCH3 is 3. The van der Waals surface area contributed by atoms with E-state index in [4.69, 9.17) is 18.9 Å². The summed E-state index contributed by atoms with van der Waals surface area (Å²) in [6.45, 7) is 0. The molecule has 0 atom stereocenters. The molecule has 6 nitrogen and oxygen atoms in total. The molecule has 1 heterocycles. The normalized spacial score (nSPS) is 14.8. The van der Waals surface area contributed by atoms with Crippen molar-refractivity contribution in [2.24, 2.45) is 4.99 Å². The van der Waals surface area contributed by atoms with Crippen molar-refractivity contribution in [2.45, 2.75) is 0 Å². The number of halogens is 1. The van der Waals surface area contributed by atoms with Gasteiger partial charge < -0.3 is 18.9 Å². The number of aliphatic imine (C=N–C) groups is 1. The average molecular weight is 418 g/mol. The zero-order chi connectivity index (χ0) is 18.7. The molecule has 7 heteroatoms. The summed E-state index contributed by atoms with van der Waals surface area (Å²) in [6.07, 6.45) is 1.59. The van der Waals surface area contributed by atoms with Gasteiger partial charge in [0.15, 0.2) is 17.2 Å². The van der Waals surface area contributed by atoms with E-state index in [0.717, 1.165) is 4.47 Å². The summed E-state index contributed by atoms with van der Waals surface area (Å²) in [7, 11) is 4.61. The molecular formula is C19H16BrNO5. The molecule has 2 aromatic carbocycles. The predicted molar refractivity (Wildman–Crippen MR) is 101 cm³/mol. The minimum Gasteiger partial charge on any atom is -0.496 e. The highest BCUT2D eigenvalue weighted by Crippen LogP contribution is 2.36. The summed E-state index contributed by atoms with van der Waals surface area (Å²) in [4.78, 5) is 16.5. The maximum Gasteiger partial charge on any atom is 0.363 e. The SMILES string of the molecule is COc1cc(OC)c(OC)cc1/C=C1\N=C(c2ccc(Br)cc2)OC1=O. The van der Waals surface area contributed by atoms with Crippen molar-refractivity contribution in [3.8, 4) is 17.2 Å². The van der Waals surface area contributed by atoms with E-state index in [1.165, 1.54) is 14.2 Å². The highest BCUT2D eigenvalue weighted by molar-refractivity contribution is 9.10. The minimum atomic E-state index is -0.528. The van der Waals surface area contributed by atoms with E-state index < -0.39 is 5.97 Å². The van der Waals surface area contributed by atoms with Crippen LogP contribution in [-0.4, -0.2) is 33.2 Å².